The number of hydrogen-bond acceptors (Lipinski definition) is 0. The second-order valence-electron chi connectivity index (χ2n) is 10.8. The van der Waals surface area contributed by atoms with Crippen molar-refractivity contribution in [3.05, 3.63) is 77.9 Å². The van der Waals surface area contributed by atoms with Crippen molar-refractivity contribution < 1.29 is 0 Å². The molecule has 0 aliphatic heterocycles. The third-order valence-electron chi connectivity index (χ3n) is 6.54. The molecule has 35 heavy (non-hydrogen) atoms. The van der Waals surface area contributed by atoms with Crippen LogP contribution < -0.4 is 26.5 Å². The van der Waals surface area contributed by atoms with Gasteiger partial charge < -0.3 is 0 Å². The fourth-order valence-electron chi connectivity index (χ4n) is 5.35. The van der Waals surface area contributed by atoms with Crippen molar-refractivity contribution in [3.8, 4) is 0 Å². The molecule has 0 unspecified atom stereocenters. The number of hydrogen-bond donors (Lipinski definition) is 0. The molecule has 3 aromatic carbocycles. The van der Waals surface area contributed by atoms with Gasteiger partial charge in [0.2, 0.25) is 0 Å². The Balaban J connectivity index is 2.41. The highest BCUT2D eigenvalue weighted by molar-refractivity contribution is 7.84. The van der Waals surface area contributed by atoms with Crippen molar-refractivity contribution in [1.82, 2.24) is 0 Å². The molecular weight excluding hydrogens is 477 g/mol. The second-order valence-corrected chi connectivity index (χ2v) is 19.7. The Kier molecular flexibility index (Phi) is 10.2. The standard InChI is InChI=1S/C32H45P3/c1-22(2)33(23(3)4)29-18-16-26(9)20-31(29)35(28-14-12-11-13-15-28)32-21-27(10)17-19-30(32)34(24(5)6)25(7)8/h11-25H,1-10H3. The number of aryl methyl sites for hydroxylation is 2. The second kappa shape index (κ2) is 12.5. The van der Waals surface area contributed by atoms with Gasteiger partial charge in [0.25, 0.3) is 0 Å². The lowest BCUT2D eigenvalue weighted by molar-refractivity contribution is 1.02. The predicted molar refractivity (Wildman–Crippen MR) is 168 cm³/mol. The molecule has 0 saturated carbocycles. The minimum atomic E-state index is -0.652. The molecule has 0 bridgehead atoms. The van der Waals surface area contributed by atoms with Crippen LogP contribution in [0, 0.1) is 13.8 Å². The van der Waals surface area contributed by atoms with Crippen molar-refractivity contribution in [1.29, 1.82) is 0 Å². The first-order chi connectivity index (χ1) is 16.5. The number of rotatable bonds is 9. The van der Waals surface area contributed by atoms with Gasteiger partial charge in [-0.25, -0.2) is 0 Å². The van der Waals surface area contributed by atoms with Crippen LogP contribution in [0.3, 0.4) is 0 Å². The Labute approximate surface area is 219 Å². The fourth-order valence-corrected chi connectivity index (χ4v) is 15.0. The smallest absolute Gasteiger partial charge is 0.00711 e. The monoisotopic (exact) mass is 522 g/mol. The van der Waals surface area contributed by atoms with E-state index in [1.54, 1.807) is 21.2 Å². The molecule has 3 rings (SSSR count). The highest BCUT2D eigenvalue weighted by atomic mass is 31.1. The highest BCUT2D eigenvalue weighted by Gasteiger charge is 2.31. The van der Waals surface area contributed by atoms with Crippen LogP contribution in [0.1, 0.15) is 66.5 Å². The van der Waals surface area contributed by atoms with Crippen LogP contribution in [0.5, 0.6) is 0 Å². The van der Waals surface area contributed by atoms with Gasteiger partial charge in [0.1, 0.15) is 0 Å². The molecule has 0 saturated heterocycles. The quantitative estimate of drug-likeness (QED) is 0.251. The van der Waals surface area contributed by atoms with Gasteiger partial charge >= 0.3 is 0 Å². The van der Waals surface area contributed by atoms with Gasteiger partial charge in [-0.15, -0.1) is 0 Å². The van der Waals surface area contributed by atoms with Crippen LogP contribution in [0.15, 0.2) is 66.7 Å². The zero-order chi connectivity index (χ0) is 25.9. The summed E-state index contributed by atoms with van der Waals surface area (Å²) in [4.78, 5) is 0. The average molecular weight is 523 g/mol. The minimum Gasteiger partial charge on any atom is -0.0693 e. The Morgan fingerprint density at radius 2 is 0.829 bits per heavy atom. The van der Waals surface area contributed by atoms with E-state index in [-0.39, 0.29) is 15.8 Å². The summed E-state index contributed by atoms with van der Waals surface area (Å²) in [7, 11) is -1.16. The molecule has 0 N–H and O–H groups in total. The zero-order valence-electron chi connectivity index (χ0n) is 23.5. The molecular formula is C32H45P3. The lowest BCUT2D eigenvalue weighted by Gasteiger charge is -2.34. The third-order valence-corrected chi connectivity index (χ3v) is 15.8. The molecule has 0 heterocycles. The molecule has 0 atom stereocenters. The van der Waals surface area contributed by atoms with Crippen molar-refractivity contribution in [2.24, 2.45) is 0 Å². The van der Waals surface area contributed by atoms with Gasteiger partial charge in [0.15, 0.2) is 0 Å². The van der Waals surface area contributed by atoms with Crippen LogP contribution in [-0.4, -0.2) is 22.6 Å². The van der Waals surface area contributed by atoms with Crippen LogP contribution >= 0.6 is 23.8 Å². The Morgan fingerprint density at radius 1 is 0.457 bits per heavy atom. The predicted octanol–water partition coefficient (Wildman–Crippen LogP) is 7.91. The first kappa shape index (κ1) is 28.5. The van der Waals surface area contributed by atoms with E-state index in [2.05, 4.69) is 136 Å². The van der Waals surface area contributed by atoms with E-state index < -0.39 is 7.92 Å². The van der Waals surface area contributed by atoms with Crippen LogP contribution in [-0.2, 0) is 0 Å². The Hall–Kier alpha value is -1.05. The van der Waals surface area contributed by atoms with Crippen molar-refractivity contribution >= 4 is 50.3 Å². The first-order valence-electron chi connectivity index (χ1n) is 13.2. The van der Waals surface area contributed by atoms with E-state index in [1.165, 1.54) is 16.4 Å². The van der Waals surface area contributed by atoms with E-state index in [9.17, 15) is 0 Å². The molecule has 0 aromatic heterocycles. The Morgan fingerprint density at radius 3 is 1.17 bits per heavy atom. The van der Waals surface area contributed by atoms with Crippen molar-refractivity contribution in [3.63, 3.8) is 0 Å². The molecule has 3 heteroatoms. The number of benzene rings is 3. The summed E-state index contributed by atoms with van der Waals surface area (Å²) in [5.74, 6) is 0. The molecule has 0 nitrogen and oxygen atoms in total. The maximum Gasteiger partial charge on any atom is -0.00711 e. The average Bonchev–Trinajstić information content (AvgIpc) is 2.77. The summed E-state index contributed by atoms with van der Waals surface area (Å²) >= 11 is 0. The van der Waals surface area contributed by atoms with Gasteiger partial charge in [0, 0.05) is 0 Å². The SMILES string of the molecule is Cc1ccc(P(C(C)C)C(C)C)c(P(c2ccccc2)c2cc(C)ccc2P(C(C)C)C(C)C)c1. The highest BCUT2D eigenvalue weighted by Crippen LogP contribution is 2.49. The van der Waals surface area contributed by atoms with Gasteiger partial charge in [-0.3, -0.25) is 0 Å². The lowest BCUT2D eigenvalue weighted by atomic mass is 10.2. The third kappa shape index (κ3) is 6.64. The van der Waals surface area contributed by atoms with Gasteiger partial charge in [-0.05, 0) is 70.9 Å². The molecule has 0 fully saturated rings. The first-order valence-corrected chi connectivity index (χ1v) is 17.5. The normalized spacial score (nSPS) is 12.4. The van der Waals surface area contributed by atoms with Crippen LogP contribution in [0.2, 0.25) is 0 Å². The molecule has 0 aliphatic carbocycles. The maximum absolute atomic E-state index is 2.53. The van der Waals surface area contributed by atoms with E-state index in [4.69, 9.17) is 0 Å². The van der Waals surface area contributed by atoms with E-state index in [1.807, 2.05) is 0 Å². The molecule has 0 radical (unpaired) electrons. The van der Waals surface area contributed by atoms with Crippen LogP contribution in [0.25, 0.3) is 0 Å². The van der Waals surface area contributed by atoms with Crippen LogP contribution in [0.4, 0.5) is 0 Å². The van der Waals surface area contributed by atoms with E-state index >= 15 is 0 Å². The van der Waals surface area contributed by atoms with E-state index in [0.717, 1.165) is 0 Å². The maximum atomic E-state index is 2.53. The Bertz CT molecular complexity index is 1010. The fraction of sp³-hybridized carbons (Fsp3) is 0.438. The van der Waals surface area contributed by atoms with Gasteiger partial charge in [0.05, 0.1) is 0 Å². The van der Waals surface area contributed by atoms with E-state index in [0.29, 0.717) is 22.6 Å². The summed E-state index contributed by atoms with van der Waals surface area (Å²) in [6, 6.07) is 26.1. The molecule has 3 aromatic rings. The summed E-state index contributed by atoms with van der Waals surface area (Å²) in [5, 5.41) is 7.90. The molecule has 0 aliphatic rings. The van der Waals surface area contributed by atoms with Gasteiger partial charge in [-0.1, -0.05) is 149 Å². The lowest BCUT2D eigenvalue weighted by Crippen LogP contribution is -2.38. The summed E-state index contributed by atoms with van der Waals surface area (Å²) in [6.45, 7) is 23.9. The van der Waals surface area contributed by atoms with Crippen molar-refractivity contribution in [2.75, 3.05) is 0 Å². The molecule has 0 spiro atoms. The largest absolute Gasteiger partial charge is 0.0693 e. The summed E-state index contributed by atoms with van der Waals surface area (Å²) in [5.41, 5.74) is 5.41. The summed E-state index contributed by atoms with van der Waals surface area (Å²) < 4.78 is 0. The van der Waals surface area contributed by atoms with Gasteiger partial charge in [-0.2, -0.15) is 0 Å². The molecule has 188 valence electrons. The minimum absolute atomic E-state index is 0.256. The summed E-state index contributed by atoms with van der Waals surface area (Å²) in [6.07, 6.45) is 0. The molecule has 0 amide bonds. The zero-order valence-corrected chi connectivity index (χ0v) is 26.2. The van der Waals surface area contributed by atoms with Crippen molar-refractivity contribution in [2.45, 2.75) is 91.9 Å². The topological polar surface area (TPSA) is 0 Å².